The summed E-state index contributed by atoms with van der Waals surface area (Å²) in [6.45, 7) is 0.790. The van der Waals surface area contributed by atoms with Gasteiger partial charge in [-0.1, -0.05) is 18.2 Å². The fourth-order valence-corrected chi connectivity index (χ4v) is 3.52. The van der Waals surface area contributed by atoms with Gasteiger partial charge in [0.1, 0.15) is 17.6 Å². The Labute approximate surface area is 164 Å². The molecule has 29 heavy (non-hydrogen) atoms. The van der Waals surface area contributed by atoms with Crippen LogP contribution in [-0.2, 0) is 18.8 Å². The zero-order valence-electron chi connectivity index (χ0n) is 16.0. The zero-order valence-corrected chi connectivity index (χ0v) is 16.0. The maximum Gasteiger partial charge on any atom is 0.332 e. The van der Waals surface area contributed by atoms with Gasteiger partial charge >= 0.3 is 5.69 Å². The molecule has 0 bridgehead atoms. The predicted octanol–water partition coefficient (Wildman–Crippen LogP) is 0.985. The van der Waals surface area contributed by atoms with Crippen LogP contribution < -0.4 is 11.2 Å². The smallest absolute Gasteiger partial charge is 0.332 e. The highest BCUT2D eigenvalue weighted by Crippen LogP contribution is 2.25. The molecule has 0 N–H and O–H groups in total. The minimum Gasteiger partial charge on any atom is -0.370 e. The van der Waals surface area contributed by atoms with Crippen molar-refractivity contribution < 1.29 is 13.9 Å². The van der Waals surface area contributed by atoms with Gasteiger partial charge in [0.05, 0.1) is 24.1 Å². The average Bonchev–Trinajstić information content (AvgIpc) is 2.75. The summed E-state index contributed by atoms with van der Waals surface area (Å²) in [5.74, 6) is -0.719. The van der Waals surface area contributed by atoms with Crippen molar-refractivity contribution in [1.29, 1.82) is 0 Å². The van der Waals surface area contributed by atoms with E-state index in [-0.39, 0.29) is 41.5 Å². The molecule has 0 aliphatic carbocycles. The highest BCUT2D eigenvalue weighted by molar-refractivity contribution is 5.96. The number of carbonyl (C=O) groups excluding carboxylic acids is 1. The van der Waals surface area contributed by atoms with E-state index < -0.39 is 17.4 Å². The van der Waals surface area contributed by atoms with E-state index in [0.717, 1.165) is 4.57 Å². The van der Waals surface area contributed by atoms with E-state index in [4.69, 9.17) is 4.74 Å². The second-order valence-electron chi connectivity index (χ2n) is 6.93. The van der Waals surface area contributed by atoms with Gasteiger partial charge in [-0.25, -0.2) is 14.2 Å². The fourth-order valence-electron chi connectivity index (χ4n) is 3.52. The lowest BCUT2D eigenvalue weighted by atomic mass is 10.1. The number of nitrogens with zero attached hydrogens (tertiary/aromatic N) is 4. The Kier molecular flexibility index (Phi) is 4.75. The third-order valence-corrected chi connectivity index (χ3v) is 5.15. The molecule has 150 valence electrons. The van der Waals surface area contributed by atoms with Crippen molar-refractivity contribution in [3.05, 3.63) is 74.3 Å². The summed E-state index contributed by atoms with van der Waals surface area (Å²) in [7, 11) is 2.89. The van der Waals surface area contributed by atoms with Crippen LogP contribution in [0.4, 0.5) is 4.39 Å². The number of morpholine rings is 1. The minimum absolute atomic E-state index is 0.180. The van der Waals surface area contributed by atoms with Crippen LogP contribution in [-0.4, -0.2) is 44.6 Å². The number of hydrogen-bond donors (Lipinski definition) is 0. The number of halogens is 1. The molecule has 1 amide bonds. The van der Waals surface area contributed by atoms with Crippen LogP contribution in [0.2, 0.25) is 0 Å². The lowest BCUT2D eigenvalue weighted by Gasteiger charge is -2.33. The van der Waals surface area contributed by atoms with Crippen LogP contribution in [0.25, 0.3) is 11.0 Å². The third-order valence-electron chi connectivity index (χ3n) is 5.15. The van der Waals surface area contributed by atoms with E-state index >= 15 is 0 Å². The van der Waals surface area contributed by atoms with Gasteiger partial charge < -0.3 is 9.64 Å². The Balaban J connectivity index is 1.67. The van der Waals surface area contributed by atoms with E-state index in [1.54, 1.807) is 23.1 Å². The van der Waals surface area contributed by atoms with E-state index in [2.05, 4.69) is 4.98 Å². The van der Waals surface area contributed by atoms with Crippen LogP contribution in [0.1, 0.15) is 22.0 Å². The number of rotatable bonds is 2. The molecule has 1 saturated heterocycles. The summed E-state index contributed by atoms with van der Waals surface area (Å²) in [6, 6.07) is 7.75. The molecule has 8 nitrogen and oxygen atoms in total. The number of carbonyl (C=O) groups is 1. The highest BCUT2D eigenvalue weighted by Gasteiger charge is 2.28. The fraction of sp³-hybridized carbons (Fsp3) is 0.300. The maximum absolute atomic E-state index is 14.1. The number of ether oxygens (including phenoxy) is 1. The molecule has 1 aliphatic heterocycles. The first-order valence-electron chi connectivity index (χ1n) is 9.09. The van der Waals surface area contributed by atoms with Crippen molar-refractivity contribution in [3.8, 4) is 0 Å². The molecule has 4 rings (SSSR count). The van der Waals surface area contributed by atoms with Crippen LogP contribution in [0.15, 0.2) is 46.1 Å². The molecule has 0 radical (unpaired) electrons. The number of pyridine rings is 1. The molecule has 3 heterocycles. The van der Waals surface area contributed by atoms with Crippen LogP contribution in [0.3, 0.4) is 0 Å². The van der Waals surface area contributed by atoms with Crippen molar-refractivity contribution in [1.82, 2.24) is 19.0 Å². The number of amides is 1. The maximum atomic E-state index is 14.1. The second kappa shape index (κ2) is 7.25. The van der Waals surface area contributed by atoms with Crippen molar-refractivity contribution >= 4 is 16.9 Å². The first-order valence-corrected chi connectivity index (χ1v) is 9.09. The number of hydrogen-bond acceptors (Lipinski definition) is 5. The van der Waals surface area contributed by atoms with E-state index in [1.165, 1.54) is 37.0 Å². The van der Waals surface area contributed by atoms with Crippen molar-refractivity contribution in [2.45, 2.75) is 6.10 Å². The Bertz CT molecular complexity index is 1230. The molecule has 0 saturated carbocycles. The van der Waals surface area contributed by atoms with Gasteiger partial charge in [-0.15, -0.1) is 0 Å². The van der Waals surface area contributed by atoms with Gasteiger partial charge in [-0.05, 0) is 12.1 Å². The number of aromatic nitrogens is 3. The lowest BCUT2D eigenvalue weighted by Crippen LogP contribution is -2.42. The molecule has 1 fully saturated rings. The summed E-state index contributed by atoms with van der Waals surface area (Å²) in [4.78, 5) is 43.2. The van der Waals surface area contributed by atoms with Gasteiger partial charge in [0.2, 0.25) is 0 Å². The van der Waals surface area contributed by atoms with E-state index in [0.29, 0.717) is 12.1 Å². The topological polar surface area (TPSA) is 86.4 Å². The lowest BCUT2D eigenvalue weighted by molar-refractivity contribution is -0.0243. The van der Waals surface area contributed by atoms with Crippen molar-refractivity contribution in [2.75, 3.05) is 19.7 Å². The Hall–Kier alpha value is -3.33. The van der Waals surface area contributed by atoms with Crippen LogP contribution >= 0.6 is 0 Å². The number of aryl methyl sites for hydroxylation is 1. The molecule has 1 aromatic carbocycles. The van der Waals surface area contributed by atoms with Crippen molar-refractivity contribution in [3.63, 3.8) is 0 Å². The zero-order chi connectivity index (χ0) is 20.7. The van der Waals surface area contributed by atoms with Crippen LogP contribution in [0.5, 0.6) is 0 Å². The molecule has 2 aromatic heterocycles. The van der Waals surface area contributed by atoms with Gasteiger partial charge in [0.25, 0.3) is 11.5 Å². The summed E-state index contributed by atoms with van der Waals surface area (Å²) in [6.07, 6.45) is 0.771. The molecule has 3 aromatic rings. The Morgan fingerprint density at radius 3 is 2.72 bits per heavy atom. The van der Waals surface area contributed by atoms with Gasteiger partial charge in [0.15, 0.2) is 0 Å². The molecule has 1 unspecified atom stereocenters. The Morgan fingerprint density at radius 1 is 1.21 bits per heavy atom. The van der Waals surface area contributed by atoms with Gasteiger partial charge in [-0.3, -0.25) is 18.7 Å². The first kappa shape index (κ1) is 19.0. The quantitative estimate of drug-likeness (QED) is 0.643. The van der Waals surface area contributed by atoms with E-state index in [9.17, 15) is 18.8 Å². The average molecular weight is 398 g/mol. The predicted molar refractivity (Wildman–Crippen MR) is 103 cm³/mol. The minimum atomic E-state index is -0.573. The monoisotopic (exact) mass is 398 g/mol. The van der Waals surface area contributed by atoms with Crippen LogP contribution in [0, 0.1) is 5.82 Å². The largest absolute Gasteiger partial charge is 0.370 e. The summed E-state index contributed by atoms with van der Waals surface area (Å²) < 4.78 is 22.0. The Morgan fingerprint density at radius 2 is 1.97 bits per heavy atom. The summed E-state index contributed by atoms with van der Waals surface area (Å²) in [5.41, 5.74) is -0.180. The standard InChI is InChI=1S/C20H19FN4O4/c1-23-17-14(19(27)24(2)20(23)28)9-12(10-22-17)18(26)25-7-8-29-16(11-25)13-5-3-4-6-15(13)21/h3-6,9-10,16H,7-8,11H2,1-2H3. The van der Waals surface area contributed by atoms with Crippen molar-refractivity contribution in [2.24, 2.45) is 14.1 Å². The summed E-state index contributed by atoms with van der Waals surface area (Å²) in [5, 5.41) is 0.180. The SMILES string of the molecule is Cn1c(=O)c2cc(C(=O)N3CCOC(c4ccccc4F)C3)cnc2n(C)c1=O. The van der Waals surface area contributed by atoms with Gasteiger partial charge in [0, 0.05) is 32.4 Å². The highest BCUT2D eigenvalue weighted by atomic mass is 19.1. The normalized spacial score (nSPS) is 16.9. The molecule has 1 aliphatic rings. The molecule has 0 spiro atoms. The molecule has 9 heteroatoms. The van der Waals surface area contributed by atoms with Gasteiger partial charge in [-0.2, -0.15) is 0 Å². The second-order valence-corrected chi connectivity index (χ2v) is 6.93. The molecule has 1 atom stereocenters. The molecular formula is C20H19FN4O4. The van der Waals surface area contributed by atoms with E-state index in [1.807, 2.05) is 0 Å². The number of benzene rings is 1. The number of fused-ring (bicyclic) bond motifs is 1. The summed E-state index contributed by atoms with van der Waals surface area (Å²) >= 11 is 0. The molecular weight excluding hydrogens is 379 g/mol. The third kappa shape index (κ3) is 3.23. The first-order chi connectivity index (χ1) is 13.9.